The lowest BCUT2D eigenvalue weighted by Gasteiger charge is -2.11. The van der Waals surface area contributed by atoms with Crippen LogP contribution in [0.15, 0.2) is 6.20 Å². The topological polar surface area (TPSA) is 84.2 Å². The van der Waals surface area contributed by atoms with Crippen LogP contribution in [0.1, 0.15) is 49.2 Å². The highest BCUT2D eigenvalue weighted by atomic mass is 19.3. The molecule has 1 heterocycles. The molecule has 0 unspecified atom stereocenters. The molecule has 1 aromatic heterocycles. The maximum absolute atomic E-state index is 13.1. The molecule has 0 aliphatic heterocycles. The van der Waals surface area contributed by atoms with Crippen LogP contribution in [0.2, 0.25) is 0 Å². The largest absolute Gasteiger partial charge is 0.481 e. The molecule has 0 atom stereocenters. The Morgan fingerprint density at radius 1 is 1.43 bits per heavy atom. The summed E-state index contributed by atoms with van der Waals surface area (Å²) < 4.78 is 27.4. The van der Waals surface area contributed by atoms with Crippen LogP contribution in [0.5, 0.6) is 0 Å². The monoisotopic (exact) mass is 303 g/mol. The second kappa shape index (κ2) is 7.70. The van der Waals surface area contributed by atoms with Crippen molar-refractivity contribution in [1.29, 1.82) is 0 Å². The van der Waals surface area contributed by atoms with Gasteiger partial charge in [0.05, 0.1) is 11.8 Å². The molecule has 6 nitrogen and oxygen atoms in total. The molecule has 0 fully saturated rings. The van der Waals surface area contributed by atoms with E-state index < -0.39 is 24.0 Å². The number of aromatic nitrogens is 2. The first-order valence-electron chi connectivity index (χ1n) is 6.66. The Balaban J connectivity index is 2.75. The predicted molar refractivity (Wildman–Crippen MR) is 71.2 cm³/mol. The van der Waals surface area contributed by atoms with Gasteiger partial charge < -0.3 is 10.4 Å². The zero-order chi connectivity index (χ0) is 16.0. The molecule has 1 amide bonds. The highest BCUT2D eigenvalue weighted by molar-refractivity contribution is 5.95. The molecule has 0 bridgehead atoms. The number of halogens is 2. The Kier molecular flexibility index (Phi) is 6.26. The molecular formula is C13H19F2N3O3. The van der Waals surface area contributed by atoms with E-state index in [0.717, 1.165) is 10.9 Å². The fourth-order valence-corrected chi connectivity index (χ4v) is 1.83. The first-order chi connectivity index (χ1) is 9.82. The molecule has 0 saturated carbocycles. The second-order valence-electron chi connectivity index (χ2n) is 5.07. The third-order valence-corrected chi connectivity index (χ3v) is 2.72. The van der Waals surface area contributed by atoms with E-state index in [1.54, 1.807) is 0 Å². The Bertz CT molecular complexity index is 501. The van der Waals surface area contributed by atoms with Crippen LogP contribution in [-0.2, 0) is 11.3 Å². The van der Waals surface area contributed by atoms with Crippen LogP contribution >= 0.6 is 0 Å². The average Bonchev–Trinajstić information content (AvgIpc) is 2.77. The number of carboxylic acids is 1. The molecule has 8 heteroatoms. The van der Waals surface area contributed by atoms with Crippen molar-refractivity contribution in [3.63, 3.8) is 0 Å². The third kappa shape index (κ3) is 5.13. The lowest BCUT2D eigenvalue weighted by molar-refractivity contribution is -0.137. The van der Waals surface area contributed by atoms with Gasteiger partial charge in [-0.15, -0.1) is 0 Å². The Morgan fingerprint density at radius 3 is 2.62 bits per heavy atom. The molecule has 1 aromatic rings. The summed E-state index contributed by atoms with van der Waals surface area (Å²) in [6, 6.07) is 0. The number of hydrogen-bond donors (Lipinski definition) is 2. The molecule has 0 saturated heterocycles. The quantitative estimate of drug-likeness (QED) is 0.720. The zero-order valence-corrected chi connectivity index (χ0v) is 12.0. The summed E-state index contributed by atoms with van der Waals surface area (Å²) in [4.78, 5) is 22.2. The molecule has 0 aromatic carbocycles. The van der Waals surface area contributed by atoms with Crippen LogP contribution in [0, 0.1) is 5.92 Å². The number of aliphatic carboxylic acids is 1. The van der Waals surface area contributed by atoms with Crippen molar-refractivity contribution >= 4 is 11.9 Å². The SMILES string of the molecule is CC(C)Cn1ncc(C(=O)NCCCC(=O)O)c1C(F)F. The maximum Gasteiger partial charge on any atom is 0.303 e. The van der Waals surface area contributed by atoms with Gasteiger partial charge in [0, 0.05) is 19.5 Å². The molecule has 0 aliphatic rings. The number of carboxylic acid groups (broad SMARTS) is 1. The number of carbonyl (C=O) groups is 2. The Hall–Kier alpha value is -1.99. The molecule has 118 valence electrons. The van der Waals surface area contributed by atoms with Gasteiger partial charge in [0.25, 0.3) is 12.3 Å². The van der Waals surface area contributed by atoms with Crippen molar-refractivity contribution < 1.29 is 23.5 Å². The number of rotatable bonds is 8. The minimum atomic E-state index is -2.80. The third-order valence-electron chi connectivity index (χ3n) is 2.72. The lowest BCUT2D eigenvalue weighted by Crippen LogP contribution is -2.26. The molecule has 0 radical (unpaired) electrons. The first-order valence-corrected chi connectivity index (χ1v) is 6.66. The smallest absolute Gasteiger partial charge is 0.303 e. The van der Waals surface area contributed by atoms with Crippen molar-refractivity contribution in [3.8, 4) is 0 Å². The summed E-state index contributed by atoms with van der Waals surface area (Å²) in [7, 11) is 0. The van der Waals surface area contributed by atoms with Crippen molar-refractivity contribution in [1.82, 2.24) is 15.1 Å². The van der Waals surface area contributed by atoms with Gasteiger partial charge in [-0.1, -0.05) is 13.8 Å². The van der Waals surface area contributed by atoms with E-state index in [0.29, 0.717) is 6.54 Å². The fourth-order valence-electron chi connectivity index (χ4n) is 1.83. The molecular weight excluding hydrogens is 284 g/mol. The lowest BCUT2D eigenvalue weighted by atomic mass is 10.2. The molecule has 1 rings (SSSR count). The van der Waals surface area contributed by atoms with Crippen LogP contribution < -0.4 is 5.32 Å². The number of carbonyl (C=O) groups excluding carboxylic acids is 1. The van der Waals surface area contributed by atoms with E-state index in [-0.39, 0.29) is 30.9 Å². The molecule has 21 heavy (non-hydrogen) atoms. The number of nitrogens with zero attached hydrogens (tertiary/aromatic N) is 2. The van der Waals surface area contributed by atoms with E-state index in [2.05, 4.69) is 10.4 Å². The second-order valence-corrected chi connectivity index (χ2v) is 5.07. The summed E-state index contributed by atoms with van der Waals surface area (Å²) in [6.45, 7) is 4.14. The highest BCUT2D eigenvalue weighted by Crippen LogP contribution is 2.23. The normalized spacial score (nSPS) is 11.1. The van der Waals surface area contributed by atoms with Crippen molar-refractivity contribution in [2.75, 3.05) is 6.54 Å². The number of alkyl halides is 2. The van der Waals surface area contributed by atoms with Crippen molar-refractivity contribution in [2.24, 2.45) is 5.92 Å². The van der Waals surface area contributed by atoms with Gasteiger partial charge >= 0.3 is 5.97 Å². The standard InChI is InChI=1S/C13H19F2N3O3/c1-8(2)7-18-11(12(14)15)9(6-17-18)13(21)16-5-3-4-10(19)20/h6,8,12H,3-5,7H2,1-2H3,(H,16,21)(H,19,20). The van der Waals surface area contributed by atoms with Gasteiger partial charge in [-0.05, 0) is 12.3 Å². The van der Waals surface area contributed by atoms with E-state index in [4.69, 9.17) is 5.11 Å². The van der Waals surface area contributed by atoms with Crippen LogP contribution in [0.25, 0.3) is 0 Å². The van der Waals surface area contributed by atoms with Crippen LogP contribution in [0.4, 0.5) is 8.78 Å². The summed E-state index contributed by atoms with van der Waals surface area (Å²) in [6.07, 6.45) is -1.53. The minimum Gasteiger partial charge on any atom is -0.481 e. The highest BCUT2D eigenvalue weighted by Gasteiger charge is 2.24. The predicted octanol–water partition coefficient (Wildman–Crippen LogP) is 2.07. The zero-order valence-electron chi connectivity index (χ0n) is 12.0. The van der Waals surface area contributed by atoms with Crippen LogP contribution in [0.3, 0.4) is 0 Å². The summed E-state index contributed by atoms with van der Waals surface area (Å²) in [5.74, 6) is -1.51. The van der Waals surface area contributed by atoms with Gasteiger partial charge in [-0.25, -0.2) is 8.78 Å². The summed E-state index contributed by atoms with van der Waals surface area (Å²) >= 11 is 0. The fraction of sp³-hybridized carbons (Fsp3) is 0.615. The van der Waals surface area contributed by atoms with Gasteiger partial charge in [-0.3, -0.25) is 14.3 Å². The molecule has 0 aliphatic carbocycles. The van der Waals surface area contributed by atoms with E-state index in [1.165, 1.54) is 0 Å². The van der Waals surface area contributed by atoms with E-state index in [9.17, 15) is 18.4 Å². The Morgan fingerprint density at radius 2 is 2.10 bits per heavy atom. The average molecular weight is 303 g/mol. The number of nitrogens with one attached hydrogen (secondary N) is 1. The van der Waals surface area contributed by atoms with Gasteiger partial charge in [0.2, 0.25) is 0 Å². The molecule has 0 spiro atoms. The van der Waals surface area contributed by atoms with E-state index in [1.807, 2.05) is 13.8 Å². The van der Waals surface area contributed by atoms with Gasteiger partial charge in [-0.2, -0.15) is 5.10 Å². The molecule has 2 N–H and O–H groups in total. The minimum absolute atomic E-state index is 0.0887. The summed E-state index contributed by atoms with van der Waals surface area (Å²) in [5.41, 5.74) is -0.569. The number of hydrogen-bond acceptors (Lipinski definition) is 3. The summed E-state index contributed by atoms with van der Waals surface area (Å²) in [5, 5.41) is 14.7. The first kappa shape index (κ1) is 17.1. The van der Waals surface area contributed by atoms with Crippen LogP contribution in [-0.4, -0.2) is 33.3 Å². The number of amides is 1. The van der Waals surface area contributed by atoms with Crippen molar-refractivity contribution in [3.05, 3.63) is 17.5 Å². The van der Waals surface area contributed by atoms with Gasteiger partial charge in [0.1, 0.15) is 5.69 Å². The Labute approximate surface area is 121 Å². The maximum atomic E-state index is 13.1. The van der Waals surface area contributed by atoms with E-state index >= 15 is 0 Å². The van der Waals surface area contributed by atoms with Gasteiger partial charge in [0.15, 0.2) is 0 Å². The van der Waals surface area contributed by atoms with Crippen molar-refractivity contribution in [2.45, 2.75) is 39.7 Å².